The van der Waals surface area contributed by atoms with Crippen molar-refractivity contribution in [1.29, 1.82) is 0 Å². The summed E-state index contributed by atoms with van der Waals surface area (Å²) in [7, 11) is 0. The van der Waals surface area contributed by atoms with Crippen molar-refractivity contribution in [2.75, 3.05) is 5.32 Å². The number of nitrogens with one attached hydrogen (secondary N) is 1. The quantitative estimate of drug-likeness (QED) is 0.827. The van der Waals surface area contributed by atoms with Gasteiger partial charge in [0.15, 0.2) is 0 Å². The van der Waals surface area contributed by atoms with Crippen LogP contribution in [0.25, 0.3) is 0 Å². The molecule has 4 heteroatoms. The van der Waals surface area contributed by atoms with E-state index >= 15 is 0 Å². The number of aliphatic hydroxyl groups excluding tert-OH is 1. The molecule has 0 fully saturated rings. The molecule has 0 radical (unpaired) electrons. The highest BCUT2D eigenvalue weighted by molar-refractivity contribution is 5.45. The number of nitrogens with zero attached hydrogens (tertiary/aromatic N) is 2. The first-order valence-corrected chi connectivity index (χ1v) is 5.78. The molecule has 0 saturated heterocycles. The van der Waals surface area contributed by atoms with Crippen molar-refractivity contribution in [3.05, 3.63) is 47.8 Å². The first-order valence-electron chi connectivity index (χ1n) is 5.78. The first kappa shape index (κ1) is 11.7. The van der Waals surface area contributed by atoms with E-state index in [0.29, 0.717) is 0 Å². The fraction of sp³-hybridized carbons (Fsp3) is 0.308. The van der Waals surface area contributed by atoms with Crippen LogP contribution in [0.3, 0.4) is 0 Å². The molecular formula is C13H17N3O. The van der Waals surface area contributed by atoms with Gasteiger partial charge in [-0.25, -0.2) is 0 Å². The van der Waals surface area contributed by atoms with Gasteiger partial charge < -0.3 is 10.4 Å². The van der Waals surface area contributed by atoms with E-state index in [1.54, 1.807) is 0 Å². The Kier molecular flexibility index (Phi) is 3.77. The van der Waals surface area contributed by atoms with E-state index in [2.05, 4.69) is 17.3 Å². The molecule has 2 N–H and O–H groups in total. The van der Waals surface area contributed by atoms with Crippen molar-refractivity contribution in [3.63, 3.8) is 0 Å². The van der Waals surface area contributed by atoms with Gasteiger partial charge in [0.1, 0.15) is 0 Å². The molecule has 0 aliphatic heterocycles. The maximum Gasteiger partial charge on any atom is 0.0682 e. The smallest absolute Gasteiger partial charge is 0.0682 e. The van der Waals surface area contributed by atoms with Crippen LogP contribution >= 0.6 is 0 Å². The van der Waals surface area contributed by atoms with Crippen LogP contribution in [-0.2, 0) is 19.7 Å². The monoisotopic (exact) mass is 231 g/mol. The zero-order valence-corrected chi connectivity index (χ0v) is 9.93. The van der Waals surface area contributed by atoms with Gasteiger partial charge in [-0.2, -0.15) is 5.10 Å². The van der Waals surface area contributed by atoms with E-state index < -0.39 is 0 Å². The van der Waals surface area contributed by atoms with E-state index in [0.717, 1.165) is 30.0 Å². The Morgan fingerprint density at radius 2 is 2.24 bits per heavy atom. The van der Waals surface area contributed by atoms with Crippen LogP contribution in [0.2, 0.25) is 0 Å². The highest BCUT2D eigenvalue weighted by Gasteiger charge is 2.00. The van der Waals surface area contributed by atoms with Gasteiger partial charge >= 0.3 is 0 Å². The Labute approximate surface area is 101 Å². The second-order valence-corrected chi connectivity index (χ2v) is 3.85. The lowest BCUT2D eigenvalue weighted by Crippen LogP contribution is -2.07. The SMILES string of the molecule is CCn1nccc1CNc1cccc(CO)c1. The van der Waals surface area contributed by atoms with Gasteiger partial charge in [-0.1, -0.05) is 12.1 Å². The Balaban J connectivity index is 2.02. The summed E-state index contributed by atoms with van der Waals surface area (Å²) < 4.78 is 1.96. The lowest BCUT2D eigenvalue weighted by Gasteiger charge is -2.09. The van der Waals surface area contributed by atoms with E-state index in [9.17, 15) is 0 Å². The summed E-state index contributed by atoms with van der Waals surface area (Å²) in [4.78, 5) is 0. The zero-order valence-electron chi connectivity index (χ0n) is 9.93. The third kappa shape index (κ3) is 2.85. The molecule has 0 unspecified atom stereocenters. The molecule has 90 valence electrons. The van der Waals surface area contributed by atoms with Gasteiger partial charge in [0.25, 0.3) is 0 Å². The average Bonchev–Trinajstić information content (AvgIpc) is 2.84. The number of aryl methyl sites for hydroxylation is 1. The average molecular weight is 231 g/mol. The van der Waals surface area contributed by atoms with Gasteiger partial charge in [-0.3, -0.25) is 4.68 Å². The number of hydrogen-bond donors (Lipinski definition) is 2. The molecule has 0 bridgehead atoms. The Morgan fingerprint density at radius 3 is 3.00 bits per heavy atom. The lowest BCUT2D eigenvalue weighted by molar-refractivity contribution is 0.282. The van der Waals surface area contributed by atoms with Crippen molar-refractivity contribution in [2.45, 2.75) is 26.6 Å². The second kappa shape index (κ2) is 5.50. The maximum absolute atomic E-state index is 9.05. The molecule has 0 aliphatic rings. The molecule has 0 saturated carbocycles. The zero-order chi connectivity index (χ0) is 12.1. The van der Waals surface area contributed by atoms with Gasteiger partial charge in [0, 0.05) is 18.4 Å². The molecule has 4 nitrogen and oxygen atoms in total. The third-order valence-corrected chi connectivity index (χ3v) is 2.69. The molecule has 1 aromatic carbocycles. The standard InChI is InChI=1S/C13H17N3O/c1-2-16-13(6-7-15-16)9-14-12-5-3-4-11(8-12)10-17/h3-8,14,17H,2,9-10H2,1H3. The predicted octanol–water partition coefficient (Wildman–Crippen LogP) is 2.01. The Hall–Kier alpha value is -1.81. The maximum atomic E-state index is 9.05. The van der Waals surface area contributed by atoms with Crippen molar-refractivity contribution in [1.82, 2.24) is 9.78 Å². The largest absolute Gasteiger partial charge is 0.392 e. The van der Waals surface area contributed by atoms with E-state index in [1.165, 1.54) is 0 Å². The summed E-state index contributed by atoms with van der Waals surface area (Å²) in [6, 6.07) is 9.79. The van der Waals surface area contributed by atoms with Crippen molar-refractivity contribution < 1.29 is 5.11 Å². The lowest BCUT2D eigenvalue weighted by atomic mass is 10.2. The minimum absolute atomic E-state index is 0.0718. The normalized spacial score (nSPS) is 10.5. The molecule has 1 heterocycles. The third-order valence-electron chi connectivity index (χ3n) is 2.69. The van der Waals surface area contributed by atoms with Crippen LogP contribution in [0, 0.1) is 0 Å². The number of hydrogen-bond acceptors (Lipinski definition) is 3. The predicted molar refractivity (Wildman–Crippen MR) is 67.6 cm³/mol. The molecule has 1 aromatic heterocycles. The number of anilines is 1. The summed E-state index contributed by atoms with van der Waals surface area (Å²) >= 11 is 0. The minimum Gasteiger partial charge on any atom is -0.392 e. The van der Waals surface area contributed by atoms with Crippen LogP contribution in [0.15, 0.2) is 36.5 Å². The van der Waals surface area contributed by atoms with Crippen LogP contribution in [0.4, 0.5) is 5.69 Å². The fourth-order valence-electron chi connectivity index (χ4n) is 1.77. The van der Waals surface area contributed by atoms with Gasteiger partial charge in [0.2, 0.25) is 0 Å². The number of aromatic nitrogens is 2. The summed E-state index contributed by atoms with van der Waals surface area (Å²) in [5, 5.41) is 16.6. The molecule has 0 amide bonds. The van der Waals surface area contributed by atoms with Crippen molar-refractivity contribution in [2.24, 2.45) is 0 Å². The Bertz CT molecular complexity index is 479. The van der Waals surface area contributed by atoms with Crippen LogP contribution in [-0.4, -0.2) is 14.9 Å². The summed E-state index contributed by atoms with van der Waals surface area (Å²) in [6.45, 7) is 3.76. The fourth-order valence-corrected chi connectivity index (χ4v) is 1.77. The van der Waals surface area contributed by atoms with Crippen LogP contribution in [0.5, 0.6) is 0 Å². The molecule has 2 rings (SSSR count). The van der Waals surface area contributed by atoms with Gasteiger partial charge in [-0.05, 0) is 30.7 Å². The number of rotatable bonds is 5. The molecule has 0 spiro atoms. The summed E-state index contributed by atoms with van der Waals surface area (Å²) in [5.41, 5.74) is 3.08. The van der Waals surface area contributed by atoms with E-state index in [1.807, 2.05) is 41.2 Å². The molecule has 2 aromatic rings. The second-order valence-electron chi connectivity index (χ2n) is 3.85. The topological polar surface area (TPSA) is 50.1 Å². The van der Waals surface area contributed by atoms with Crippen LogP contribution in [0.1, 0.15) is 18.2 Å². The van der Waals surface area contributed by atoms with Gasteiger partial charge in [0.05, 0.1) is 18.8 Å². The summed E-state index contributed by atoms with van der Waals surface area (Å²) in [6.07, 6.45) is 1.81. The first-order chi connectivity index (χ1) is 8.33. The van der Waals surface area contributed by atoms with E-state index in [4.69, 9.17) is 5.11 Å². The molecule has 0 aliphatic carbocycles. The molecule has 17 heavy (non-hydrogen) atoms. The Morgan fingerprint density at radius 1 is 1.35 bits per heavy atom. The highest BCUT2D eigenvalue weighted by atomic mass is 16.3. The minimum atomic E-state index is 0.0718. The van der Waals surface area contributed by atoms with Crippen molar-refractivity contribution in [3.8, 4) is 0 Å². The number of aliphatic hydroxyl groups is 1. The molecular weight excluding hydrogens is 214 g/mol. The summed E-state index contributed by atoms with van der Waals surface area (Å²) in [5.74, 6) is 0. The highest BCUT2D eigenvalue weighted by Crippen LogP contribution is 2.12. The van der Waals surface area contributed by atoms with Crippen LogP contribution < -0.4 is 5.32 Å². The van der Waals surface area contributed by atoms with E-state index in [-0.39, 0.29) is 6.61 Å². The van der Waals surface area contributed by atoms with Gasteiger partial charge in [-0.15, -0.1) is 0 Å². The van der Waals surface area contributed by atoms with Crippen molar-refractivity contribution >= 4 is 5.69 Å². The molecule has 0 atom stereocenters. The number of benzene rings is 1.